The van der Waals surface area contributed by atoms with Crippen molar-refractivity contribution in [1.29, 1.82) is 0 Å². The number of nitrogens with zero attached hydrogens (tertiary/aromatic N) is 2. The summed E-state index contributed by atoms with van der Waals surface area (Å²) in [4.78, 5) is 13.1. The number of carbonyl (C=O) groups is 1. The summed E-state index contributed by atoms with van der Waals surface area (Å²) in [5.74, 6) is 0.235. The molecule has 0 spiro atoms. The Bertz CT molecular complexity index is 731. The number of benzene rings is 1. The quantitative estimate of drug-likeness (QED) is 0.938. The van der Waals surface area contributed by atoms with Crippen LogP contribution in [0.1, 0.15) is 55.0 Å². The number of aromatic nitrogens is 2. The normalized spacial score (nSPS) is 21.6. The van der Waals surface area contributed by atoms with Crippen LogP contribution < -0.4 is 5.32 Å². The minimum absolute atomic E-state index is 0.128. The van der Waals surface area contributed by atoms with Crippen LogP contribution in [0, 0.1) is 5.41 Å². The fourth-order valence-corrected chi connectivity index (χ4v) is 4.24. The first-order valence-corrected chi connectivity index (χ1v) is 9.04. The molecule has 1 atom stereocenters. The zero-order chi connectivity index (χ0) is 16.6. The largest absolute Gasteiger partial charge is 0.349 e. The summed E-state index contributed by atoms with van der Waals surface area (Å²) in [6, 6.07) is 10.5. The molecule has 2 aliphatic rings. The second-order valence-electron chi connectivity index (χ2n) is 7.38. The van der Waals surface area contributed by atoms with E-state index in [1.54, 1.807) is 0 Å². The van der Waals surface area contributed by atoms with Crippen molar-refractivity contribution in [2.24, 2.45) is 12.5 Å². The van der Waals surface area contributed by atoms with Crippen molar-refractivity contribution < 1.29 is 4.79 Å². The van der Waals surface area contributed by atoms with Gasteiger partial charge in [-0.3, -0.25) is 9.48 Å². The zero-order valence-corrected chi connectivity index (χ0v) is 14.3. The van der Waals surface area contributed by atoms with E-state index in [1.165, 1.54) is 16.8 Å². The maximum absolute atomic E-state index is 13.1. The Morgan fingerprint density at radius 2 is 2.08 bits per heavy atom. The van der Waals surface area contributed by atoms with Crippen LogP contribution in [0.3, 0.4) is 0 Å². The van der Waals surface area contributed by atoms with Crippen molar-refractivity contribution in [2.45, 2.75) is 51.0 Å². The van der Waals surface area contributed by atoms with Gasteiger partial charge < -0.3 is 5.32 Å². The van der Waals surface area contributed by atoms with Gasteiger partial charge in [0.15, 0.2) is 0 Å². The van der Waals surface area contributed by atoms with Crippen LogP contribution in [0.2, 0.25) is 0 Å². The number of amides is 1. The maximum atomic E-state index is 13.1. The third-order valence-electron chi connectivity index (χ3n) is 5.86. The minimum atomic E-state index is -0.207. The van der Waals surface area contributed by atoms with Gasteiger partial charge in [-0.1, -0.05) is 36.8 Å². The van der Waals surface area contributed by atoms with Crippen molar-refractivity contribution >= 4 is 5.91 Å². The van der Waals surface area contributed by atoms with Crippen LogP contribution in [0.15, 0.2) is 36.5 Å². The first-order valence-electron chi connectivity index (χ1n) is 9.04. The van der Waals surface area contributed by atoms with E-state index >= 15 is 0 Å². The van der Waals surface area contributed by atoms with Crippen LogP contribution in [0.25, 0.3) is 0 Å². The molecule has 0 radical (unpaired) electrons. The zero-order valence-electron chi connectivity index (χ0n) is 14.3. The van der Waals surface area contributed by atoms with E-state index in [0.717, 1.165) is 44.9 Å². The van der Waals surface area contributed by atoms with Gasteiger partial charge in [-0.05, 0) is 44.1 Å². The van der Waals surface area contributed by atoms with Gasteiger partial charge in [-0.25, -0.2) is 0 Å². The monoisotopic (exact) mass is 323 g/mol. The Balaban J connectivity index is 1.51. The first kappa shape index (κ1) is 15.4. The molecule has 1 heterocycles. The molecule has 0 unspecified atom stereocenters. The van der Waals surface area contributed by atoms with Crippen molar-refractivity contribution in [3.8, 4) is 0 Å². The Labute approximate surface area is 143 Å². The van der Waals surface area contributed by atoms with Gasteiger partial charge >= 0.3 is 0 Å². The average molecular weight is 323 g/mol. The summed E-state index contributed by atoms with van der Waals surface area (Å²) >= 11 is 0. The molecule has 2 aromatic rings. The molecule has 1 amide bonds. The predicted octanol–water partition coefficient (Wildman–Crippen LogP) is 3.33. The molecule has 126 valence electrons. The Morgan fingerprint density at radius 1 is 1.29 bits per heavy atom. The van der Waals surface area contributed by atoms with Crippen LogP contribution in [0.4, 0.5) is 0 Å². The van der Waals surface area contributed by atoms with Crippen molar-refractivity contribution in [2.75, 3.05) is 0 Å². The highest BCUT2D eigenvalue weighted by atomic mass is 16.2. The van der Waals surface area contributed by atoms with E-state index in [9.17, 15) is 4.79 Å². The van der Waals surface area contributed by atoms with Gasteiger partial charge in [-0.2, -0.15) is 5.10 Å². The van der Waals surface area contributed by atoms with Gasteiger partial charge in [0.05, 0.1) is 17.7 Å². The fourth-order valence-electron chi connectivity index (χ4n) is 4.24. The number of rotatable bonds is 4. The molecule has 2 aliphatic carbocycles. The number of hydrogen-bond donors (Lipinski definition) is 1. The number of hydrogen-bond acceptors (Lipinski definition) is 2. The second kappa shape index (κ2) is 6.08. The molecule has 1 saturated carbocycles. The Morgan fingerprint density at radius 3 is 2.79 bits per heavy atom. The lowest BCUT2D eigenvalue weighted by molar-refractivity contribution is -0.136. The Kier molecular flexibility index (Phi) is 3.91. The Hall–Kier alpha value is -2.10. The summed E-state index contributed by atoms with van der Waals surface area (Å²) in [6.07, 6.45) is 9.14. The lowest BCUT2D eigenvalue weighted by Crippen LogP contribution is -2.48. The SMILES string of the molecule is Cn1ncc2c1CCC[C@@H]2NC(=O)C1(Cc2ccccc2)CCC1. The van der Waals surface area contributed by atoms with Crippen molar-refractivity contribution in [1.82, 2.24) is 15.1 Å². The second-order valence-corrected chi connectivity index (χ2v) is 7.38. The van der Waals surface area contributed by atoms with E-state index in [1.807, 2.05) is 24.0 Å². The third-order valence-corrected chi connectivity index (χ3v) is 5.86. The summed E-state index contributed by atoms with van der Waals surface area (Å²) in [5, 5.41) is 7.74. The van der Waals surface area contributed by atoms with Crippen molar-refractivity contribution in [3.63, 3.8) is 0 Å². The molecule has 0 aliphatic heterocycles. The summed E-state index contributed by atoms with van der Waals surface area (Å²) in [7, 11) is 1.99. The molecule has 0 saturated heterocycles. The van der Waals surface area contributed by atoms with Gasteiger partial charge in [0.1, 0.15) is 0 Å². The molecule has 24 heavy (non-hydrogen) atoms. The van der Waals surface area contributed by atoms with E-state index in [0.29, 0.717) is 0 Å². The number of nitrogens with one attached hydrogen (secondary N) is 1. The van der Waals surface area contributed by atoms with E-state index in [-0.39, 0.29) is 17.4 Å². The number of fused-ring (bicyclic) bond motifs is 1. The van der Waals surface area contributed by atoms with Gasteiger partial charge in [0.2, 0.25) is 5.91 Å². The highest BCUT2D eigenvalue weighted by Crippen LogP contribution is 2.45. The number of carbonyl (C=O) groups excluding carboxylic acids is 1. The minimum Gasteiger partial charge on any atom is -0.349 e. The lowest BCUT2D eigenvalue weighted by atomic mass is 9.64. The topological polar surface area (TPSA) is 46.9 Å². The molecular formula is C20H25N3O. The highest BCUT2D eigenvalue weighted by Gasteiger charge is 2.44. The molecule has 4 nitrogen and oxygen atoms in total. The standard InChI is InChI=1S/C20H25N3O/c1-23-18-10-5-9-17(16(18)14-21-23)22-19(24)20(11-6-12-20)13-15-7-3-2-4-8-15/h2-4,7-8,14,17H,5-6,9-13H2,1H3,(H,22,24)/t17-/m0/s1. The molecule has 1 fully saturated rings. The van der Waals surface area contributed by atoms with E-state index < -0.39 is 0 Å². The summed E-state index contributed by atoms with van der Waals surface area (Å²) in [6.45, 7) is 0. The molecular weight excluding hydrogens is 298 g/mol. The highest BCUT2D eigenvalue weighted by molar-refractivity contribution is 5.84. The molecule has 1 aromatic heterocycles. The van der Waals surface area contributed by atoms with E-state index in [2.05, 4.69) is 34.7 Å². The maximum Gasteiger partial charge on any atom is 0.227 e. The van der Waals surface area contributed by atoms with Crippen LogP contribution >= 0.6 is 0 Å². The summed E-state index contributed by atoms with van der Waals surface area (Å²) in [5.41, 5.74) is 3.54. The fraction of sp³-hybridized carbons (Fsp3) is 0.500. The molecule has 1 N–H and O–H groups in total. The average Bonchev–Trinajstić information content (AvgIpc) is 2.94. The van der Waals surface area contributed by atoms with Crippen molar-refractivity contribution in [3.05, 3.63) is 53.3 Å². The molecule has 4 heteroatoms. The van der Waals surface area contributed by atoms with E-state index in [4.69, 9.17) is 0 Å². The smallest absolute Gasteiger partial charge is 0.227 e. The molecule has 4 rings (SSSR count). The predicted molar refractivity (Wildman–Crippen MR) is 93.5 cm³/mol. The van der Waals surface area contributed by atoms with Crippen LogP contribution in [0.5, 0.6) is 0 Å². The lowest BCUT2D eigenvalue weighted by Gasteiger charge is -2.41. The van der Waals surface area contributed by atoms with Gasteiger partial charge in [0, 0.05) is 18.3 Å². The molecule has 1 aromatic carbocycles. The third kappa shape index (κ3) is 2.64. The first-order chi connectivity index (χ1) is 11.7. The van der Waals surface area contributed by atoms with Gasteiger partial charge in [-0.15, -0.1) is 0 Å². The number of aryl methyl sites for hydroxylation is 1. The summed E-state index contributed by atoms with van der Waals surface area (Å²) < 4.78 is 1.96. The van der Waals surface area contributed by atoms with Crippen LogP contribution in [-0.4, -0.2) is 15.7 Å². The van der Waals surface area contributed by atoms with Crippen LogP contribution in [-0.2, 0) is 24.7 Å². The van der Waals surface area contributed by atoms with Gasteiger partial charge in [0.25, 0.3) is 0 Å². The molecule has 0 bridgehead atoms.